The van der Waals surface area contributed by atoms with E-state index >= 15 is 0 Å². The molecule has 1 fully saturated rings. The average molecular weight is 724 g/mol. The summed E-state index contributed by atoms with van der Waals surface area (Å²) in [4.78, 5) is 53.4. The number of benzene rings is 2. The molecule has 3 aliphatic rings. The zero-order chi connectivity index (χ0) is 36.0. The molecule has 2 aromatic carbocycles. The molecule has 0 radical (unpaired) electrons. The minimum absolute atomic E-state index is 0. The van der Waals surface area contributed by atoms with E-state index in [0.717, 1.165) is 6.92 Å². The first kappa shape index (κ1) is 39.1. The van der Waals surface area contributed by atoms with Gasteiger partial charge in [-0.25, -0.2) is 4.79 Å². The first-order valence-corrected chi connectivity index (χ1v) is 16.0. The van der Waals surface area contributed by atoms with Gasteiger partial charge in [0.15, 0.2) is 17.9 Å². The molecule has 0 amide bonds. The molecular weight excluding hydrogens is 682 g/mol. The van der Waals surface area contributed by atoms with E-state index < -0.39 is 108 Å². The van der Waals surface area contributed by atoms with Crippen molar-refractivity contribution in [3.8, 4) is 17.2 Å². The van der Waals surface area contributed by atoms with Crippen molar-refractivity contribution in [1.29, 1.82) is 0 Å². The van der Waals surface area contributed by atoms with Crippen LogP contribution in [0.15, 0.2) is 18.2 Å². The number of aromatic hydroxyl groups is 2. The van der Waals surface area contributed by atoms with Crippen LogP contribution in [0.3, 0.4) is 0 Å². The SMILES string of the molecule is CCOC(C)(OCC)C(=O)OCOc1cccc2c1C(=O)c1c(O)c3c(c(O)c1C2=O)C[C@@](O)(C(C)=O)C[C@@H]3OC1CC(N)C(O)C(C)O1.Cl. The highest BCUT2D eigenvalue weighted by molar-refractivity contribution is 6.31. The molecule has 50 heavy (non-hydrogen) atoms. The smallest absolute Gasteiger partial charge is 0.369 e. The number of aliphatic hydroxyl groups excluding tert-OH is 1. The number of carbonyl (C=O) groups is 4. The minimum atomic E-state index is -2.07. The fraction of sp³-hybridized carbons (Fsp3) is 0.529. The van der Waals surface area contributed by atoms with Gasteiger partial charge in [0.25, 0.3) is 5.79 Å². The Labute approximate surface area is 293 Å². The molecule has 0 aromatic heterocycles. The first-order valence-electron chi connectivity index (χ1n) is 16.0. The molecule has 6 atom stereocenters. The van der Waals surface area contributed by atoms with Crippen molar-refractivity contribution in [2.75, 3.05) is 20.0 Å². The van der Waals surface area contributed by atoms with Crippen molar-refractivity contribution >= 4 is 35.7 Å². The highest BCUT2D eigenvalue weighted by Crippen LogP contribution is 2.52. The van der Waals surface area contributed by atoms with Crippen molar-refractivity contribution in [2.24, 2.45) is 5.73 Å². The number of carbonyl (C=O) groups excluding carboxylic acids is 4. The summed E-state index contributed by atoms with van der Waals surface area (Å²) in [6, 6.07) is 3.36. The van der Waals surface area contributed by atoms with E-state index in [9.17, 15) is 39.6 Å². The number of fused-ring (bicyclic) bond motifs is 3. The van der Waals surface area contributed by atoms with Crippen LogP contribution in [0.1, 0.15) is 96.5 Å². The summed E-state index contributed by atoms with van der Waals surface area (Å²) in [5, 5.41) is 44.9. The van der Waals surface area contributed by atoms with Crippen molar-refractivity contribution in [3.05, 3.63) is 51.6 Å². The van der Waals surface area contributed by atoms with Crippen LogP contribution in [0.2, 0.25) is 0 Å². The fourth-order valence-corrected chi connectivity index (χ4v) is 6.60. The normalized spacial score (nSPS) is 25.9. The van der Waals surface area contributed by atoms with E-state index in [1.54, 1.807) is 20.8 Å². The largest absolute Gasteiger partial charge is 0.507 e. The van der Waals surface area contributed by atoms with Gasteiger partial charge in [0.2, 0.25) is 12.6 Å². The summed E-state index contributed by atoms with van der Waals surface area (Å²) in [6.45, 7) is 7.07. The molecule has 0 spiro atoms. The van der Waals surface area contributed by atoms with Gasteiger partial charge in [-0.3, -0.25) is 14.4 Å². The molecule has 0 bridgehead atoms. The van der Waals surface area contributed by atoms with Crippen LogP contribution >= 0.6 is 12.4 Å². The number of esters is 1. The minimum Gasteiger partial charge on any atom is -0.507 e. The number of Topliss-reactive ketones (excluding diaryl/α,β-unsaturated/α-hetero) is 1. The second-order valence-corrected chi connectivity index (χ2v) is 12.4. The van der Waals surface area contributed by atoms with Gasteiger partial charge < -0.3 is 54.6 Å². The summed E-state index contributed by atoms with van der Waals surface area (Å²) >= 11 is 0. The summed E-state index contributed by atoms with van der Waals surface area (Å²) in [5.41, 5.74) is 2.19. The van der Waals surface area contributed by atoms with Crippen LogP contribution in [0.25, 0.3) is 0 Å². The molecule has 2 aromatic rings. The third kappa shape index (κ3) is 6.84. The number of phenols is 2. The Bertz CT molecular complexity index is 1660. The van der Waals surface area contributed by atoms with E-state index in [1.807, 2.05) is 0 Å². The number of nitrogens with two attached hydrogens (primary N) is 1. The van der Waals surface area contributed by atoms with Crippen molar-refractivity contribution in [1.82, 2.24) is 0 Å². The monoisotopic (exact) mass is 723 g/mol. The fourth-order valence-electron chi connectivity index (χ4n) is 6.60. The number of ether oxygens (including phenoxy) is 6. The lowest BCUT2D eigenvalue weighted by molar-refractivity contribution is -0.247. The van der Waals surface area contributed by atoms with Crippen LogP contribution < -0.4 is 10.5 Å². The average Bonchev–Trinajstić information content (AvgIpc) is 3.03. The van der Waals surface area contributed by atoms with Crippen LogP contribution in [-0.4, -0.2) is 99.7 Å². The van der Waals surface area contributed by atoms with Crippen LogP contribution in [0.4, 0.5) is 0 Å². The Morgan fingerprint density at radius 1 is 1.06 bits per heavy atom. The second-order valence-electron chi connectivity index (χ2n) is 12.4. The number of halogens is 1. The summed E-state index contributed by atoms with van der Waals surface area (Å²) in [5.74, 6) is -6.59. The van der Waals surface area contributed by atoms with Gasteiger partial charge in [-0.15, -0.1) is 12.4 Å². The number of ketones is 3. The third-order valence-electron chi connectivity index (χ3n) is 9.19. The van der Waals surface area contributed by atoms with Crippen LogP contribution in [0.5, 0.6) is 17.2 Å². The number of hydrogen-bond acceptors (Lipinski definition) is 15. The lowest BCUT2D eigenvalue weighted by atomic mass is 9.72. The zero-order valence-corrected chi connectivity index (χ0v) is 29.0. The van der Waals surface area contributed by atoms with Gasteiger partial charge in [0.1, 0.15) is 22.8 Å². The van der Waals surface area contributed by atoms with E-state index in [0.29, 0.717) is 0 Å². The standard InChI is InChI=1S/C34H41NO14.ClH/c1-6-46-33(5,47-7-2)32(42)45-14-44-20-10-8-9-17-23(20)30(40)26-25(28(17)38)29(39)18-12-34(43,16(4)36)13-21(24(18)31(26)41)49-22-11-19(35)27(37)15(3)48-22;/h8-10,15,19,21-22,27,37,39,41,43H,6-7,11-14,35H2,1-5H3;1H/t15?,19?,21-,22?,27?,34-;/m0./s1. The summed E-state index contributed by atoms with van der Waals surface area (Å²) in [6.07, 6.45) is -4.99. The molecule has 16 heteroatoms. The topological polar surface area (TPSA) is 231 Å². The van der Waals surface area contributed by atoms with Gasteiger partial charge in [0, 0.05) is 62.1 Å². The molecule has 274 valence electrons. The van der Waals surface area contributed by atoms with Crippen molar-refractivity contribution in [2.45, 2.75) is 95.9 Å². The molecule has 1 saturated heterocycles. The van der Waals surface area contributed by atoms with Crippen LogP contribution in [0, 0.1) is 0 Å². The first-order chi connectivity index (χ1) is 23.1. The molecule has 2 aliphatic carbocycles. The predicted molar refractivity (Wildman–Crippen MR) is 174 cm³/mol. The Hall–Kier alpha value is -3.67. The maximum absolute atomic E-state index is 14.1. The van der Waals surface area contributed by atoms with Crippen molar-refractivity contribution in [3.63, 3.8) is 0 Å². The van der Waals surface area contributed by atoms with Gasteiger partial charge in [-0.1, -0.05) is 12.1 Å². The molecular formula is C34H42ClNO14. The van der Waals surface area contributed by atoms with E-state index in [4.69, 9.17) is 34.2 Å². The number of phenolic OH excluding ortho intramolecular Hbond substituents is 2. The van der Waals surface area contributed by atoms with Gasteiger partial charge in [0.05, 0.1) is 35.0 Å². The third-order valence-corrected chi connectivity index (χ3v) is 9.19. The number of rotatable bonds is 11. The molecule has 4 unspecified atom stereocenters. The quantitative estimate of drug-likeness (QED) is 0.108. The summed E-state index contributed by atoms with van der Waals surface area (Å²) < 4.78 is 33.5. The Morgan fingerprint density at radius 2 is 1.70 bits per heavy atom. The molecule has 0 saturated carbocycles. The lowest BCUT2D eigenvalue weighted by Crippen LogP contribution is -2.52. The molecule has 15 nitrogen and oxygen atoms in total. The predicted octanol–water partition coefficient (Wildman–Crippen LogP) is 2.11. The van der Waals surface area contributed by atoms with Crippen LogP contribution in [-0.2, 0) is 39.7 Å². The highest BCUT2D eigenvalue weighted by atomic mass is 35.5. The maximum Gasteiger partial charge on any atom is 0.369 e. The molecule has 1 heterocycles. The van der Waals surface area contributed by atoms with Gasteiger partial charge in [-0.2, -0.15) is 0 Å². The van der Waals surface area contributed by atoms with E-state index in [-0.39, 0.29) is 60.0 Å². The number of aliphatic hydroxyl groups is 2. The zero-order valence-electron chi connectivity index (χ0n) is 28.2. The lowest BCUT2D eigenvalue weighted by Gasteiger charge is -2.42. The molecule has 1 aliphatic heterocycles. The summed E-state index contributed by atoms with van der Waals surface area (Å²) in [7, 11) is 0. The Kier molecular flexibility index (Phi) is 11.7. The maximum atomic E-state index is 14.1. The van der Waals surface area contributed by atoms with E-state index in [2.05, 4.69) is 0 Å². The Balaban J connectivity index is 0.00000562. The van der Waals surface area contributed by atoms with Gasteiger partial charge in [-0.05, 0) is 33.8 Å². The second kappa shape index (κ2) is 14.9. The molecule has 5 rings (SSSR count). The van der Waals surface area contributed by atoms with Crippen molar-refractivity contribution < 1.29 is 68.0 Å². The van der Waals surface area contributed by atoms with Gasteiger partial charge >= 0.3 is 5.97 Å². The highest BCUT2D eigenvalue weighted by Gasteiger charge is 2.49. The Morgan fingerprint density at radius 3 is 2.30 bits per heavy atom. The molecule has 6 N–H and O–H groups in total. The van der Waals surface area contributed by atoms with E-state index in [1.165, 1.54) is 25.1 Å². The number of hydrogen-bond donors (Lipinski definition) is 5.